The van der Waals surface area contributed by atoms with E-state index in [1.165, 1.54) is 4.31 Å². The lowest BCUT2D eigenvalue weighted by Crippen LogP contribution is -2.41. The predicted octanol–water partition coefficient (Wildman–Crippen LogP) is 4.37. The van der Waals surface area contributed by atoms with Crippen molar-refractivity contribution < 1.29 is 13.2 Å². The van der Waals surface area contributed by atoms with Gasteiger partial charge >= 0.3 is 0 Å². The summed E-state index contributed by atoms with van der Waals surface area (Å²) in [7, 11) is -3.85. The first kappa shape index (κ1) is 22.7. The summed E-state index contributed by atoms with van der Waals surface area (Å²) in [5, 5.41) is 2.91. The second-order valence-electron chi connectivity index (χ2n) is 7.77. The van der Waals surface area contributed by atoms with Crippen LogP contribution in [-0.4, -0.2) is 25.2 Å². The van der Waals surface area contributed by atoms with E-state index in [1.807, 2.05) is 75.4 Å². The Morgan fingerprint density at radius 2 is 1.42 bits per heavy atom. The molecule has 5 nitrogen and oxygen atoms in total. The van der Waals surface area contributed by atoms with Crippen molar-refractivity contribution in [2.45, 2.75) is 38.3 Å². The topological polar surface area (TPSA) is 66.5 Å². The van der Waals surface area contributed by atoms with E-state index in [4.69, 9.17) is 0 Å². The van der Waals surface area contributed by atoms with Gasteiger partial charge in [-0.15, -0.1) is 0 Å². The molecule has 0 aliphatic heterocycles. The molecule has 0 fully saturated rings. The summed E-state index contributed by atoms with van der Waals surface area (Å²) in [5.74, 6) is -0.348. The van der Waals surface area contributed by atoms with E-state index in [2.05, 4.69) is 5.32 Å². The van der Waals surface area contributed by atoms with E-state index in [0.717, 1.165) is 22.3 Å². The first-order valence-electron chi connectivity index (χ1n) is 10.2. The highest BCUT2D eigenvalue weighted by atomic mass is 32.2. The van der Waals surface area contributed by atoms with E-state index in [9.17, 15) is 13.2 Å². The fourth-order valence-corrected chi connectivity index (χ4v) is 4.64. The van der Waals surface area contributed by atoms with Crippen LogP contribution in [0.1, 0.15) is 35.2 Å². The van der Waals surface area contributed by atoms with Gasteiger partial charge in [-0.05, 0) is 44.0 Å². The third-order valence-electron chi connectivity index (χ3n) is 5.14. The minimum absolute atomic E-state index is 0.115. The number of aryl methyl sites for hydroxylation is 2. The minimum atomic E-state index is -3.85. The molecule has 0 aliphatic rings. The molecule has 0 aromatic heterocycles. The molecule has 6 heteroatoms. The zero-order valence-electron chi connectivity index (χ0n) is 18.1. The summed E-state index contributed by atoms with van der Waals surface area (Å²) in [6, 6.07) is 23.7. The van der Waals surface area contributed by atoms with Crippen LogP contribution in [0.5, 0.6) is 0 Å². The number of carbonyl (C=O) groups excluding carboxylic acids is 1. The average molecular weight is 437 g/mol. The summed E-state index contributed by atoms with van der Waals surface area (Å²) < 4.78 is 27.9. The van der Waals surface area contributed by atoms with E-state index in [-0.39, 0.29) is 29.9 Å². The van der Waals surface area contributed by atoms with Gasteiger partial charge in [-0.3, -0.25) is 4.79 Å². The molecule has 31 heavy (non-hydrogen) atoms. The molecule has 1 amide bonds. The predicted molar refractivity (Wildman–Crippen MR) is 123 cm³/mol. The molecule has 1 atom stereocenters. The summed E-state index contributed by atoms with van der Waals surface area (Å²) in [6.45, 7) is 5.61. The van der Waals surface area contributed by atoms with Gasteiger partial charge in [0.2, 0.25) is 15.9 Å². The molecule has 1 N–H and O–H groups in total. The van der Waals surface area contributed by atoms with Gasteiger partial charge in [-0.1, -0.05) is 77.9 Å². The number of sulfonamides is 1. The molecule has 0 unspecified atom stereocenters. The molecule has 3 aromatic rings. The molecule has 0 saturated carbocycles. The fourth-order valence-electron chi connectivity index (χ4n) is 3.25. The Bertz CT molecular complexity index is 1110. The molecule has 0 saturated heterocycles. The molecular formula is C25H28N2O3S. The maximum atomic E-state index is 13.4. The standard InChI is InChI=1S/C25H28N2O3S/c1-19-9-13-22(14-10-19)17-27(31(29,30)24-15-11-20(2)12-16-24)18-25(28)26-21(3)23-7-5-4-6-8-23/h4-16,21H,17-18H2,1-3H3,(H,26,28)/t21-/m1/s1. The zero-order chi connectivity index (χ0) is 22.4. The fraction of sp³-hybridized carbons (Fsp3) is 0.240. The van der Waals surface area contributed by atoms with Crippen LogP contribution in [0.25, 0.3) is 0 Å². The van der Waals surface area contributed by atoms with Crippen molar-refractivity contribution in [1.82, 2.24) is 9.62 Å². The Morgan fingerprint density at radius 3 is 2.00 bits per heavy atom. The van der Waals surface area contributed by atoms with E-state index < -0.39 is 10.0 Å². The molecule has 3 rings (SSSR count). The van der Waals surface area contributed by atoms with Gasteiger partial charge in [0.05, 0.1) is 17.5 Å². The molecule has 0 radical (unpaired) electrons. The first-order chi connectivity index (χ1) is 14.8. The van der Waals surface area contributed by atoms with Crippen LogP contribution < -0.4 is 5.32 Å². The van der Waals surface area contributed by atoms with Gasteiger partial charge in [0, 0.05) is 6.54 Å². The van der Waals surface area contributed by atoms with Gasteiger partial charge < -0.3 is 5.32 Å². The van der Waals surface area contributed by atoms with Crippen LogP contribution in [-0.2, 0) is 21.4 Å². The van der Waals surface area contributed by atoms with Crippen LogP contribution >= 0.6 is 0 Å². The third kappa shape index (κ3) is 6.03. The van der Waals surface area contributed by atoms with Gasteiger partial charge in [-0.25, -0.2) is 8.42 Å². The van der Waals surface area contributed by atoms with Crippen LogP contribution in [0.2, 0.25) is 0 Å². The van der Waals surface area contributed by atoms with Crippen molar-refractivity contribution >= 4 is 15.9 Å². The third-order valence-corrected chi connectivity index (χ3v) is 6.94. The quantitative estimate of drug-likeness (QED) is 0.570. The highest BCUT2D eigenvalue weighted by Crippen LogP contribution is 2.20. The van der Waals surface area contributed by atoms with E-state index in [0.29, 0.717) is 0 Å². The molecular weight excluding hydrogens is 408 g/mol. The number of benzene rings is 3. The lowest BCUT2D eigenvalue weighted by molar-refractivity contribution is -0.122. The maximum absolute atomic E-state index is 13.4. The van der Waals surface area contributed by atoms with Crippen LogP contribution in [0, 0.1) is 13.8 Å². The van der Waals surface area contributed by atoms with Crippen molar-refractivity contribution in [2.24, 2.45) is 0 Å². The summed E-state index contributed by atoms with van der Waals surface area (Å²) in [4.78, 5) is 13.0. The van der Waals surface area contributed by atoms with Gasteiger partial charge in [0.15, 0.2) is 0 Å². The van der Waals surface area contributed by atoms with Crippen LogP contribution in [0.3, 0.4) is 0 Å². The Balaban J connectivity index is 1.83. The number of nitrogens with one attached hydrogen (secondary N) is 1. The molecule has 0 aliphatic carbocycles. The van der Waals surface area contributed by atoms with Crippen molar-refractivity contribution in [3.8, 4) is 0 Å². The highest BCUT2D eigenvalue weighted by molar-refractivity contribution is 7.89. The van der Waals surface area contributed by atoms with E-state index in [1.54, 1.807) is 24.3 Å². The second-order valence-corrected chi connectivity index (χ2v) is 9.71. The van der Waals surface area contributed by atoms with Crippen molar-refractivity contribution in [3.63, 3.8) is 0 Å². The van der Waals surface area contributed by atoms with E-state index >= 15 is 0 Å². The molecule has 162 valence electrons. The molecule has 0 heterocycles. The Hall–Kier alpha value is -2.96. The molecule has 0 bridgehead atoms. The van der Waals surface area contributed by atoms with Gasteiger partial charge in [-0.2, -0.15) is 4.31 Å². The Morgan fingerprint density at radius 1 is 0.871 bits per heavy atom. The first-order valence-corrected chi connectivity index (χ1v) is 11.7. The zero-order valence-corrected chi connectivity index (χ0v) is 18.9. The second kappa shape index (κ2) is 9.90. The maximum Gasteiger partial charge on any atom is 0.243 e. The lowest BCUT2D eigenvalue weighted by Gasteiger charge is -2.23. The lowest BCUT2D eigenvalue weighted by atomic mass is 10.1. The average Bonchev–Trinajstić information content (AvgIpc) is 2.75. The molecule has 0 spiro atoms. The van der Waals surface area contributed by atoms with Gasteiger partial charge in [0.25, 0.3) is 0 Å². The number of rotatable bonds is 8. The highest BCUT2D eigenvalue weighted by Gasteiger charge is 2.27. The number of amides is 1. The van der Waals surface area contributed by atoms with Crippen molar-refractivity contribution in [1.29, 1.82) is 0 Å². The SMILES string of the molecule is Cc1ccc(CN(CC(=O)N[C@H](C)c2ccccc2)S(=O)(=O)c2ccc(C)cc2)cc1. The number of nitrogens with zero attached hydrogens (tertiary/aromatic N) is 1. The Labute approximate surface area is 184 Å². The number of hydrogen-bond donors (Lipinski definition) is 1. The van der Waals surface area contributed by atoms with Crippen LogP contribution in [0.15, 0.2) is 83.8 Å². The summed E-state index contributed by atoms with van der Waals surface area (Å²) in [6.07, 6.45) is 0. The van der Waals surface area contributed by atoms with Crippen molar-refractivity contribution in [3.05, 3.63) is 101 Å². The van der Waals surface area contributed by atoms with Crippen molar-refractivity contribution in [2.75, 3.05) is 6.54 Å². The Kier molecular flexibility index (Phi) is 7.25. The summed E-state index contributed by atoms with van der Waals surface area (Å²) in [5.41, 5.74) is 3.84. The van der Waals surface area contributed by atoms with Gasteiger partial charge in [0.1, 0.15) is 0 Å². The summed E-state index contributed by atoms with van der Waals surface area (Å²) >= 11 is 0. The minimum Gasteiger partial charge on any atom is -0.348 e. The number of carbonyl (C=O) groups is 1. The largest absolute Gasteiger partial charge is 0.348 e. The smallest absolute Gasteiger partial charge is 0.243 e. The number of hydrogen-bond acceptors (Lipinski definition) is 3. The normalized spacial score (nSPS) is 12.5. The monoisotopic (exact) mass is 436 g/mol. The molecule has 3 aromatic carbocycles. The van der Waals surface area contributed by atoms with Crippen LogP contribution in [0.4, 0.5) is 0 Å².